The second kappa shape index (κ2) is 6.73. The first-order valence-electron chi connectivity index (χ1n) is 5.32. The molecule has 1 amide bonds. The SMILES string of the molecule is Cc1cccc(NC(=O)CCCC=C(F)F)n1. The van der Waals surface area contributed by atoms with Crippen LogP contribution in [0.1, 0.15) is 25.0 Å². The molecule has 0 unspecified atom stereocenters. The summed E-state index contributed by atoms with van der Waals surface area (Å²) in [6.45, 7) is 1.82. The molecule has 1 aromatic heterocycles. The molecule has 0 aromatic carbocycles. The maximum atomic E-state index is 11.7. The van der Waals surface area contributed by atoms with E-state index >= 15 is 0 Å². The molecular weight excluding hydrogens is 226 g/mol. The Labute approximate surface area is 98.6 Å². The van der Waals surface area contributed by atoms with E-state index in [4.69, 9.17) is 0 Å². The van der Waals surface area contributed by atoms with Crippen LogP contribution in [-0.2, 0) is 4.79 Å². The molecule has 0 saturated carbocycles. The predicted molar refractivity (Wildman–Crippen MR) is 61.8 cm³/mol. The third-order valence-electron chi connectivity index (χ3n) is 2.06. The Bertz CT molecular complexity index is 415. The molecule has 0 aliphatic carbocycles. The first-order valence-corrected chi connectivity index (χ1v) is 5.32. The summed E-state index contributed by atoms with van der Waals surface area (Å²) in [7, 11) is 0. The summed E-state index contributed by atoms with van der Waals surface area (Å²) < 4.78 is 23.4. The van der Waals surface area contributed by atoms with E-state index in [0.29, 0.717) is 12.2 Å². The molecule has 1 aromatic rings. The predicted octanol–water partition coefficient (Wildman–Crippen LogP) is 3.28. The minimum atomic E-state index is -1.70. The van der Waals surface area contributed by atoms with Crippen molar-refractivity contribution in [3.8, 4) is 0 Å². The lowest BCUT2D eigenvalue weighted by Crippen LogP contribution is -2.12. The molecule has 0 radical (unpaired) electrons. The molecule has 0 fully saturated rings. The molecule has 0 spiro atoms. The van der Waals surface area contributed by atoms with Gasteiger partial charge in [0.1, 0.15) is 5.82 Å². The van der Waals surface area contributed by atoms with Gasteiger partial charge in [-0.25, -0.2) is 4.98 Å². The molecule has 92 valence electrons. The Kier molecular flexibility index (Phi) is 5.26. The van der Waals surface area contributed by atoms with Crippen molar-refractivity contribution in [3.05, 3.63) is 36.0 Å². The van der Waals surface area contributed by atoms with Gasteiger partial charge in [0.15, 0.2) is 0 Å². The fraction of sp³-hybridized carbons (Fsp3) is 0.333. The third-order valence-corrected chi connectivity index (χ3v) is 2.06. The summed E-state index contributed by atoms with van der Waals surface area (Å²) >= 11 is 0. The smallest absolute Gasteiger partial charge is 0.266 e. The zero-order valence-electron chi connectivity index (χ0n) is 9.54. The molecule has 1 N–H and O–H groups in total. The minimum Gasteiger partial charge on any atom is -0.311 e. The Balaban J connectivity index is 2.32. The van der Waals surface area contributed by atoms with E-state index in [0.717, 1.165) is 11.8 Å². The van der Waals surface area contributed by atoms with Crippen LogP contribution in [0, 0.1) is 6.92 Å². The molecule has 3 nitrogen and oxygen atoms in total. The topological polar surface area (TPSA) is 42.0 Å². The van der Waals surface area contributed by atoms with Gasteiger partial charge in [-0.2, -0.15) is 8.78 Å². The molecule has 1 rings (SSSR count). The number of nitrogens with one attached hydrogen (secondary N) is 1. The van der Waals surface area contributed by atoms with E-state index in [1.54, 1.807) is 12.1 Å². The molecule has 1 heterocycles. The van der Waals surface area contributed by atoms with Gasteiger partial charge in [0.2, 0.25) is 5.91 Å². The number of halogens is 2. The lowest BCUT2D eigenvalue weighted by atomic mass is 10.2. The van der Waals surface area contributed by atoms with Crippen molar-refractivity contribution in [2.45, 2.75) is 26.2 Å². The third kappa shape index (κ3) is 5.75. The fourth-order valence-electron chi connectivity index (χ4n) is 1.29. The number of carbonyl (C=O) groups excluding carboxylic acids is 1. The summed E-state index contributed by atoms with van der Waals surface area (Å²) in [6, 6.07) is 5.30. The first-order chi connectivity index (χ1) is 8.08. The Morgan fingerprint density at radius 3 is 2.88 bits per heavy atom. The van der Waals surface area contributed by atoms with Crippen molar-refractivity contribution in [1.29, 1.82) is 0 Å². The summed E-state index contributed by atoms with van der Waals surface area (Å²) in [5.41, 5.74) is 0.810. The van der Waals surface area contributed by atoms with Crippen LogP contribution in [0.2, 0.25) is 0 Å². The monoisotopic (exact) mass is 240 g/mol. The lowest BCUT2D eigenvalue weighted by molar-refractivity contribution is -0.116. The molecule has 5 heteroatoms. The van der Waals surface area contributed by atoms with Gasteiger partial charge in [-0.3, -0.25) is 4.79 Å². The van der Waals surface area contributed by atoms with Gasteiger partial charge >= 0.3 is 0 Å². The van der Waals surface area contributed by atoms with Crippen LogP contribution in [-0.4, -0.2) is 10.9 Å². The maximum Gasteiger partial charge on any atom is 0.266 e. The van der Waals surface area contributed by atoms with E-state index in [-0.39, 0.29) is 18.7 Å². The number of aromatic nitrogens is 1. The average Bonchev–Trinajstić information content (AvgIpc) is 2.24. The molecule has 0 saturated heterocycles. The van der Waals surface area contributed by atoms with Crippen molar-refractivity contribution in [2.24, 2.45) is 0 Å². The molecular formula is C12H14F2N2O. The van der Waals surface area contributed by atoms with Crippen LogP contribution in [0.5, 0.6) is 0 Å². The number of pyridine rings is 1. The van der Waals surface area contributed by atoms with Gasteiger partial charge in [-0.05, 0) is 38.0 Å². The zero-order chi connectivity index (χ0) is 12.7. The van der Waals surface area contributed by atoms with E-state index in [9.17, 15) is 13.6 Å². The van der Waals surface area contributed by atoms with Gasteiger partial charge < -0.3 is 5.32 Å². The highest BCUT2D eigenvalue weighted by molar-refractivity contribution is 5.89. The Morgan fingerprint density at radius 2 is 2.24 bits per heavy atom. The van der Waals surface area contributed by atoms with Crippen LogP contribution in [0.25, 0.3) is 0 Å². The number of amides is 1. The highest BCUT2D eigenvalue weighted by atomic mass is 19.3. The number of unbranched alkanes of at least 4 members (excludes halogenated alkanes) is 1. The largest absolute Gasteiger partial charge is 0.311 e. The van der Waals surface area contributed by atoms with Crippen molar-refractivity contribution in [1.82, 2.24) is 4.98 Å². The summed E-state index contributed by atoms with van der Waals surface area (Å²) in [4.78, 5) is 15.5. The number of rotatable bonds is 5. The quantitative estimate of drug-likeness (QED) is 0.802. The van der Waals surface area contributed by atoms with Crippen LogP contribution < -0.4 is 5.32 Å². The second-order valence-corrected chi connectivity index (χ2v) is 3.60. The lowest BCUT2D eigenvalue weighted by Gasteiger charge is -2.04. The molecule has 0 bridgehead atoms. The van der Waals surface area contributed by atoms with Crippen LogP contribution in [0.3, 0.4) is 0 Å². The molecule has 0 atom stereocenters. The van der Waals surface area contributed by atoms with E-state index in [1.807, 2.05) is 13.0 Å². The van der Waals surface area contributed by atoms with Gasteiger partial charge in [0.05, 0.1) is 0 Å². The Hall–Kier alpha value is -1.78. The molecule has 17 heavy (non-hydrogen) atoms. The summed E-state index contributed by atoms with van der Waals surface area (Å²) in [6.07, 6.45) is -0.0744. The number of anilines is 1. The van der Waals surface area contributed by atoms with Crippen molar-refractivity contribution in [2.75, 3.05) is 5.32 Å². The average molecular weight is 240 g/mol. The summed E-state index contributed by atoms with van der Waals surface area (Å²) in [5.74, 6) is 0.276. The summed E-state index contributed by atoms with van der Waals surface area (Å²) in [5, 5.41) is 2.61. The standard InChI is InChI=1S/C12H14F2N2O/c1-9-5-4-7-11(15-9)16-12(17)8-3-2-6-10(13)14/h4-7H,2-3,8H2,1H3,(H,15,16,17). The maximum absolute atomic E-state index is 11.7. The normalized spacial score (nSPS) is 9.82. The van der Waals surface area contributed by atoms with E-state index in [2.05, 4.69) is 10.3 Å². The van der Waals surface area contributed by atoms with E-state index in [1.165, 1.54) is 0 Å². The molecule has 0 aliphatic rings. The molecule has 0 aliphatic heterocycles. The van der Waals surface area contributed by atoms with E-state index < -0.39 is 6.08 Å². The van der Waals surface area contributed by atoms with Crippen molar-refractivity contribution < 1.29 is 13.6 Å². The van der Waals surface area contributed by atoms with Crippen LogP contribution >= 0.6 is 0 Å². The van der Waals surface area contributed by atoms with Crippen LogP contribution in [0.4, 0.5) is 14.6 Å². The van der Waals surface area contributed by atoms with Crippen LogP contribution in [0.15, 0.2) is 30.4 Å². The Morgan fingerprint density at radius 1 is 1.47 bits per heavy atom. The number of nitrogens with zero attached hydrogens (tertiary/aromatic N) is 1. The zero-order valence-corrected chi connectivity index (χ0v) is 9.54. The van der Waals surface area contributed by atoms with Gasteiger partial charge in [0, 0.05) is 12.1 Å². The minimum absolute atomic E-state index is 0.205. The number of carbonyl (C=O) groups is 1. The van der Waals surface area contributed by atoms with Gasteiger partial charge in [-0.15, -0.1) is 0 Å². The number of hydrogen-bond acceptors (Lipinski definition) is 2. The number of allylic oxidation sites excluding steroid dienone is 1. The highest BCUT2D eigenvalue weighted by Gasteiger charge is 2.02. The highest BCUT2D eigenvalue weighted by Crippen LogP contribution is 2.07. The van der Waals surface area contributed by atoms with Gasteiger partial charge in [-0.1, -0.05) is 6.07 Å². The van der Waals surface area contributed by atoms with Gasteiger partial charge in [0.25, 0.3) is 6.08 Å². The van der Waals surface area contributed by atoms with Crippen molar-refractivity contribution >= 4 is 11.7 Å². The van der Waals surface area contributed by atoms with Crippen molar-refractivity contribution in [3.63, 3.8) is 0 Å². The number of hydrogen-bond donors (Lipinski definition) is 1. The second-order valence-electron chi connectivity index (χ2n) is 3.60. The number of aryl methyl sites for hydroxylation is 1. The first kappa shape index (κ1) is 13.3. The fourth-order valence-corrected chi connectivity index (χ4v) is 1.29.